The van der Waals surface area contributed by atoms with E-state index in [-0.39, 0.29) is 24.5 Å². The number of rotatable bonds is 2. The Labute approximate surface area is 146 Å². The fourth-order valence-electron chi connectivity index (χ4n) is 2.64. The minimum Gasteiger partial charge on any atom is -0.326 e. The molecule has 1 aromatic carbocycles. The predicted octanol–water partition coefficient (Wildman–Crippen LogP) is 4.47. The Morgan fingerprint density at radius 3 is 2.04 bits per heavy atom. The number of halogens is 7. The second-order valence-electron chi connectivity index (χ2n) is 5.86. The number of amides is 1. The lowest BCUT2D eigenvalue weighted by Gasteiger charge is -2.27. The molecule has 25 heavy (non-hydrogen) atoms. The van der Waals surface area contributed by atoms with Crippen molar-refractivity contribution in [2.24, 2.45) is 5.92 Å². The zero-order valence-corrected chi connectivity index (χ0v) is 13.9. The van der Waals surface area contributed by atoms with Gasteiger partial charge < -0.3 is 10.6 Å². The Balaban J connectivity index is 0.00000312. The summed E-state index contributed by atoms with van der Waals surface area (Å²) in [5.74, 6) is -1.03. The third kappa shape index (κ3) is 5.78. The first-order valence-corrected chi connectivity index (χ1v) is 7.30. The van der Waals surface area contributed by atoms with Crippen molar-refractivity contribution in [3.8, 4) is 0 Å². The van der Waals surface area contributed by atoms with Crippen molar-refractivity contribution in [3.05, 3.63) is 29.3 Å². The smallest absolute Gasteiger partial charge is 0.326 e. The number of carbonyl (C=O) groups excluding carboxylic acids is 1. The molecule has 1 aliphatic heterocycles. The van der Waals surface area contributed by atoms with E-state index < -0.39 is 41.0 Å². The van der Waals surface area contributed by atoms with Crippen LogP contribution in [-0.2, 0) is 17.1 Å². The molecule has 1 saturated heterocycles. The van der Waals surface area contributed by atoms with Crippen LogP contribution in [0.5, 0.6) is 0 Å². The van der Waals surface area contributed by atoms with Crippen molar-refractivity contribution in [2.45, 2.75) is 38.2 Å². The Kier molecular flexibility index (Phi) is 6.74. The number of piperidine rings is 1. The average molecular weight is 391 g/mol. The minimum atomic E-state index is -4.94. The van der Waals surface area contributed by atoms with Gasteiger partial charge in [-0.25, -0.2) is 0 Å². The number of alkyl halides is 6. The van der Waals surface area contributed by atoms with Gasteiger partial charge in [0, 0.05) is 17.6 Å². The largest absolute Gasteiger partial charge is 0.416 e. The topological polar surface area (TPSA) is 41.1 Å². The second-order valence-corrected chi connectivity index (χ2v) is 5.86. The molecule has 2 rings (SSSR count). The number of nitrogens with one attached hydrogen (secondary N) is 2. The SMILES string of the molecule is C[C@H]1C[C@@H](C(=O)Nc2cc(C(F)(F)F)cc(C(F)(F)F)c2)CCN1.Cl. The third-order valence-electron chi connectivity index (χ3n) is 3.85. The molecule has 1 fully saturated rings. The molecule has 0 spiro atoms. The summed E-state index contributed by atoms with van der Waals surface area (Å²) in [5, 5.41) is 5.30. The first kappa shape index (κ1) is 21.6. The summed E-state index contributed by atoms with van der Waals surface area (Å²) in [5.41, 5.74) is -3.41. The van der Waals surface area contributed by atoms with E-state index in [1.54, 1.807) is 0 Å². The van der Waals surface area contributed by atoms with Gasteiger partial charge in [0.25, 0.3) is 0 Å². The van der Waals surface area contributed by atoms with Crippen molar-refractivity contribution in [1.29, 1.82) is 0 Å². The Morgan fingerprint density at radius 1 is 1.08 bits per heavy atom. The summed E-state index contributed by atoms with van der Waals surface area (Å²) in [6.45, 7) is 2.42. The number of carbonyl (C=O) groups is 1. The van der Waals surface area contributed by atoms with Crippen molar-refractivity contribution < 1.29 is 31.1 Å². The van der Waals surface area contributed by atoms with Crippen LogP contribution in [0.4, 0.5) is 32.0 Å². The van der Waals surface area contributed by atoms with Crippen molar-refractivity contribution in [3.63, 3.8) is 0 Å². The summed E-state index contributed by atoms with van der Waals surface area (Å²) in [7, 11) is 0. The van der Waals surface area contributed by atoms with E-state index in [0.717, 1.165) is 0 Å². The molecule has 1 amide bonds. The number of hydrogen-bond donors (Lipinski definition) is 2. The van der Waals surface area contributed by atoms with Gasteiger partial charge in [0.15, 0.2) is 0 Å². The van der Waals surface area contributed by atoms with Gasteiger partial charge in [-0.05, 0) is 44.5 Å². The number of benzene rings is 1. The van der Waals surface area contributed by atoms with E-state index in [0.29, 0.717) is 31.5 Å². The maximum Gasteiger partial charge on any atom is 0.416 e. The fourth-order valence-corrected chi connectivity index (χ4v) is 2.64. The summed E-state index contributed by atoms with van der Waals surface area (Å²) < 4.78 is 76.7. The molecule has 1 heterocycles. The average Bonchev–Trinajstić information content (AvgIpc) is 2.45. The highest BCUT2D eigenvalue weighted by molar-refractivity contribution is 5.92. The van der Waals surface area contributed by atoms with Crippen LogP contribution in [0.1, 0.15) is 30.9 Å². The zero-order chi connectivity index (χ0) is 18.1. The van der Waals surface area contributed by atoms with Crippen LogP contribution in [0.2, 0.25) is 0 Å². The van der Waals surface area contributed by atoms with Crippen LogP contribution < -0.4 is 10.6 Å². The van der Waals surface area contributed by atoms with Gasteiger partial charge in [-0.1, -0.05) is 0 Å². The molecule has 2 N–H and O–H groups in total. The van der Waals surface area contributed by atoms with E-state index in [1.807, 2.05) is 6.92 Å². The molecule has 0 unspecified atom stereocenters. The lowest BCUT2D eigenvalue weighted by atomic mass is 9.92. The van der Waals surface area contributed by atoms with Crippen LogP contribution in [0.3, 0.4) is 0 Å². The predicted molar refractivity (Wildman–Crippen MR) is 82.5 cm³/mol. The lowest BCUT2D eigenvalue weighted by Crippen LogP contribution is -2.40. The lowest BCUT2D eigenvalue weighted by molar-refractivity contribution is -0.143. The van der Waals surface area contributed by atoms with Crippen molar-refractivity contribution >= 4 is 24.0 Å². The normalized spacial score (nSPS) is 21.4. The van der Waals surface area contributed by atoms with Gasteiger partial charge in [0.1, 0.15) is 0 Å². The molecule has 0 aromatic heterocycles. The Bertz CT molecular complexity index is 585. The Hall–Kier alpha value is -1.48. The van der Waals surface area contributed by atoms with Gasteiger partial charge in [0.2, 0.25) is 5.91 Å². The second kappa shape index (κ2) is 7.82. The van der Waals surface area contributed by atoms with Gasteiger partial charge >= 0.3 is 12.4 Å². The number of hydrogen-bond acceptors (Lipinski definition) is 2. The third-order valence-corrected chi connectivity index (χ3v) is 3.85. The van der Waals surface area contributed by atoms with Gasteiger partial charge in [-0.3, -0.25) is 4.79 Å². The summed E-state index contributed by atoms with van der Waals surface area (Å²) in [6, 6.07) is 1.11. The summed E-state index contributed by atoms with van der Waals surface area (Å²) in [4.78, 5) is 12.1. The van der Waals surface area contributed by atoms with Gasteiger partial charge in [-0.15, -0.1) is 12.4 Å². The zero-order valence-electron chi connectivity index (χ0n) is 13.1. The van der Waals surface area contributed by atoms with Crippen LogP contribution in [0.15, 0.2) is 18.2 Å². The van der Waals surface area contributed by atoms with E-state index in [1.165, 1.54) is 0 Å². The number of anilines is 1. The summed E-state index contributed by atoms with van der Waals surface area (Å²) in [6.07, 6.45) is -8.94. The maximum absolute atomic E-state index is 12.8. The van der Waals surface area contributed by atoms with Crippen molar-refractivity contribution in [1.82, 2.24) is 5.32 Å². The first-order valence-electron chi connectivity index (χ1n) is 7.30. The molecule has 0 radical (unpaired) electrons. The molecule has 2 atom stereocenters. The molecule has 0 aliphatic carbocycles. The molecule has 3 nitrogen and oxygen atoms in total. The van der Waals surface area contributed by atoms with Crippen molar-refractivity contribution in [2.75, 3.05) is 11.9 Å². The minimum absolute atomic E-state index is 0. The molecule has 1 aliphatic rings. The maximum atomic E-state index is 12.8. The van der Waals surface area contributed by atoms with E-state index in [4.69, 9.17) is 0 Å². The van der Waals surface area contributed by atoms with Gasteiger partial charge in [-0.2, -0.15) is 26.3 Å². The van der Waals surface area contributed by atoms with Crippen LogP contribution in [0, 0.1) is 5.92 Å². The highest BCUT2D eigenvalue weighted by Crippen LogP contribution is 2.37. The quantitative estimate of drug-likeness (QED) is 0.731. The summed E-state index contributed by atoms with van der Waals surface area (Å²) >= 11 is 0. The molecular formula is C15H17ClF6N2O. The standard InChI is InChI=1S/C15H16F6N2O.ClH/c1-8-4-9(2-3-22-8)13(24)23-12-6-10(14(16,17)18)5-11(7-12)15(19,20)21;/h5-9,22H,2-4H2,1H3,(H,23,24);1H/t8-,9-;/m0./s1. The molecule has 0 saturated carbocycles. The molecule has 10 heteroatoms. The Morgan fingerprint density at radius 2 is 1.60 bits per heavy atom. The highest BCUT2D eigenvalue weighted by atomic mass is 35.5. The van der Waals surface area contributed by atoms with Gasteiger partial charge in [0.05, 0.1) is 11.1 Å². The van der Waals surface area contributed by atoms with E-state index in [9.17, 15) is 31.1 Å². The monoisotopic (exact) mass is 390 g/mol. The fraction of sp³-hybridized carbons (Fsp3) is 0.533. The van der Waals surface area contributed by atoms with Crippen LogP contribution >= 0.6 is 12.4 Å². The molecule has 1 aromatic rings. The van der Waals surface area contributed by atoms with E-state index in [2.05, 4.69) is 10.6 Å². The van der Waals surface area contributed by atoms with Crippen LogP contribution in [-0.4, -0.2) is 18.5 Å². The van der Waals surface area contributed by atoms with E-state index >= 15 is 0 Å². The molecular weight excluding hydrogens is 374 g/mol. The van der Waals surface area contributed by atoms with Crippen LogP contribution in [0.25, 0.3) is 0 Å². The molecule has 142 valence electrons. The highest BCUT2D eigenvalue weighted by Gasteiger charge is 2.37. The molecule has 0 bridgehead atoms. The first-order chi connectivity index (χ1) is 11.0.